The summed E-state index contributed by atoms with van der Waals surface area (Å²) in [5.41, 5.74) is 3.67. The molecule has 0 atom stereocenters. The molecular formula is C14H13ClOS. The van der Waals surface area contributed by atoms with Gasteiger partial charge in [0.15, 0.2) is 5.78 Å². The normalized spacial score (nSPS) is 10.5. The Labute approximate surface area is 110 Å². The topological polar surface area (TPSA) is 17.1 Å². The average Bonchev–Trinajstić information content (AvgIpc) is 2.77. The maximum absolute atomic E-state index is 11.5. The molecule has 0 amide bonds. The van der Waals surface area contributed by atoms with Crippen LogP contribution in [0.2, 0.25) is 0 Å². The number of carbonyl (C=O) groups excluding carboxylic acids is 1. The Bertz CT molecular complexity index is 557. The van der Waals surface area contributed by atoms with E-state index in [1.807, 2.05) is 12.1 Å². The van der Waals surface area contributed by atoms with Crippen molar-refractivity contribution in [1.29, 1.82) is 0 Å². The van der Waals surface area contributed by atoms with Gasteiger partial charge in [-0.05, 0) is 37.1 Å². The standard InChI is InChI=1S/C14H13ClOS/c1-9-3-4-11(10(2)7-9)13-5-6-14(17-13)12(16)8-15/h3-7H,8H2,1-2H3. The second-order valence-corrected chi connectivity index (χ2v) is 5.39. The lowest BCUT2D eigenvalue weighted by Crippen LogP contribution is -1.95. The Morgan fingerprint density at radius 3 is 2.65 bits per heavy atom. The minimum absolute atomic E-state index is 0.00678. The van der Waals surface area contributed by atoms with Crippen LogP contribution in [-0.2, 0) is 0 Å². The van der Waals surface area contributed by atoms with Crippen LogP contribution in [0, 0.1) is 13.8 Å². The van der Waals surface area contributed by atoms with Crippen LogP contribution in [-0.4, -0.2) is 11.7 Å². The van der Waals surface area contributed by atoms with Crippen molar-refractivity contribution in [2.24, 2.45) is 0 Å². The van der Waals surface area contributed by atoms with Gasteiger partial charge in [0, 0.05) is 4.88 Å². The Hall–Kier alpha value is -1.12. The zero-order valence-corrected chi connectivity index (χ0v) is 11.4. The first-order chi connectivity index (χ1) is 8.11. The zero-order chi connectivity index (χ0) is 12.4. The van der Waals surface area contributed by atoms with Crippen molar-refractivity contribution in [3.8, 4) is 10.4 Å². The lowest BCUT2D eigenvalue weighted by Gasteiger charge is -2.03. The third-order valence-electron chi connectivity index (χ3n) is 2.65. The molecule has 1 aromatic heterocycles. The highest BCUT2D eigenvalue weighted by Gasteiger charge is 2.10. The number of benzene rings is 1. The summed E-state index contributed by atoms with van der Waals surface area (Å²) in [5, 5.41) is 0. The Morgan fingerprint density at radius 2 is 2.00 bits per heavy atom. The fraction of sp³-hybridized carbons (Fsp3) is 0.214. The van der Waals surface area contributed by atoms with Crippen molar-refractivity contribution in [1.82, 2.24) is 0 Å². The molecule has 0 unspecified atom stereocenters. The maximum Gasteiger partial charge on any atom is 0.187 e. The minimum Gasteiger partial charge on any atom is -0.292 e. The second kappa shape index (κ2) is 5.03. The molecule has 0 fully saturated rings. The van der Waals surface area contributed by atoms with Crippen molar-refractivity contribution in [3.05, 3.63) is 46.3 Å². The van der Waals surface area contributed by atoms with Crippen LogP contribution in [0.4, 0.5) is 0 Å². The zero-order valence-electron chi connectivity index (χ0n) is 9.79. The molecule has 3 heteroatoms. The van der Waals surface area contributed by atoms with Gasteiger partial charge in [-0.2, -0.15) is 0 Å². The molecule has 17 heavy (non-hydrogen) atoms. The molecule has 0 aliphatic heterocycles. The van der Waals surface area contributed by atoms with Gasteiger partial charge < -0.3 is 0 Å². The van der Waals surface area contributed by atoms with Gasteiger partial charge in [-0.25, -0.2) is 0 Å². The van der Waals surface area contributed by atoms with E-state index in [2.05, 4.69) is 32.0 Å². The molecule has 1 aromatic carbocycles. The Morgan fingerprint density at radius 1 is 1.24 bits per heavy atom. The van der Waals surface area contributed by atoms with E-state index in [9.17, 15) is 4.79 Å². The Kier molecular flexibility index (Phi) is 3.65. The largest absolute Gasteiger partial charge is 0.292 e. The van der Waals surface area contributed by atoms with Gasteiger partial charge in [-0.1, -0.05) is 23.8 Å². The van der Waals surface area contributed by atoms with Gasteiger partial charge in [0.25, 0.3) is 0 Å². The molecule has 0 saturated carbocycles. The number of rotatable bonds is 3. The number of hydrogen-bond donors (Lipinski definition) is 0. The molecule has 0 N–H and O–H groups in total. The van der Waals surface area contributed by atoms with E-state index in [4.69, 9.17) is 11.6 Å². The predicted molar refractivity (Wildman–Crippen MR) is 74.3 cm³/mol. The molecule has 1 nitrogen and oxygen atoms in total. The summed E-state index contributed by atoms with van der Waals surface area (Å²) in [7, 11) is 0. The van der Waals surface area contributed by atoms with Crippen LogP contribution in [0.1, 0.15) is 20.8 Å². The van der Waals surface area contributed by atoms with Crippen LogP contribution >= 0.6 is 22.9 Å². The van der Waals surface area contributed by atoms with E-state index in [0.29, 0.717) is 0 Å². The van der Waals surface area contributed by atoms with Crippen molar-refractivity contribution in [2.45, 2.75) is 13.8 Å². The summed E-state index contributed by atoms with van der Waals surface area (Å²) in [5.74, 6) is 0.0417. The summed E-state index contributed by atoms with van der Waals surface area (Å²) in [6.07, 6.45) is 0. The summed E-state index contributed by atoms with van der Waals surface area (Å²) < 4.78 is 0. The van der Waals surface area contributed by atoms with Gasteiger partial charge in [0.2, 0.25) is 0 Å². The summed E-state index contributed by atoms with van der Waals surface area (Å²) in [4.78, 5) is 13.3. The summed E-state index contributed by atoms with van der Waals surface area (Å²) in [6.45, 7) is 4.17. The van der Waals surface area contributed by atoms with E-state index < -0.39 is 0 Å². The minimum atomic E-state index is -0.00678. The molecule has 0 bridgehead atoms. The van der Waals surface area contributed by atoms with E-state index in [1.54, 1.807) is 0 Å². The fourth-order valence-corrected chi connectivity index (χ4v) is 3.05. The first-order valence-electron chi connectivity index (χ1n) is 5.38. The number of thiophene rings is 1. The van der Waals surface area contributed by atoms with E-state index >= 15 is 0 Å². The van der Waals surface area contributed by atoms with Crippen LogP contribution in [0.15, 0.2) is 30.3 Å². The van der Waals surface area contributed by atoms with Crippen LogP contribution in [0.25, 0.3) is 10.4 Å². The van der Waals surface area contributed by atoms with Crippen molar-refractivity contribution in [2.75, 3.05) is 5.88 Å². The predicted octanol–water partition coefficient (Wildman–Crippen LogP) is 4.45. The molecule has 0 radical (unpaired) electrons. The molecule has 1 heterocycles. The molecule has 0 spiro atoms. The quantitative estimate of drug-likeness (QED) is 0.591. The number of Topliss-reactive ketones (excluding diaryl/α,β-unsaturated/α-hetero) is 1. The second-order valence-electron chi connectivity index (χ2n) is 4.04. The molecule has 0 saturated heterocycles. The molecule has 88 valence electrons. The highest BCUT2D eigenvalue weighted by Crippen LogP contribution is 2.31. The lowest BCUT2D eigenvalue weighted by molar-refractivity contribution is 0.102. The van der Waals surface area contributed by atoms with Crippen LogP contribution < -0.4 is 0 Å². The number of halogens is 1. The van der Waals surface area contributed by atoms with Gasteiger partial charge in [0.05, 0.1) is 10.8 Å². The number of alkyl halides is 1. The molecule has 2 rings (SSSR count). The number of aryl methyl sites for hydroxylation is 2. The van der Waals surface area contributed by atoms with Gasteiger partial charge in [-0.3, -0.25) is 4.79 Å². The Balaban J connectivity index is 2.40. The maximum atomic E-state index is 11.5. The first kappa shape index (κ1) is 12.3. The smallest absolute Gasteiger partial charge is 0.187 e. The molecule has 0 aliphatic rings. The molecular weight excluding hydrogens is 252 g/mol. The van der Waals surface area contributed by atoms with Crippen LogP contribution in [0.5, 0.6) is 0 Å². The highest BCUT2D eigenvalue weighted by atomic mass is 35.5. The third kappa shape index (κ3) is 2.59. The fourth-order valence-electron chi connectivity index (χ4n) is 1.79. The highest BCUT2D eigenvalue weighted by molar-refractivity contribution is 7.17. The van der Waals surface area contributed by atoms with Gasteiger partial charge >= 0.3 is 0 Å². The van der Waals surface area contributed by atoms with Gasteiger partial charge in [0.1, 0.15) is 0 Å². The third-order valence-corrected chi connectivity index (χ3v) is 4.05. The first-order valence-corrected chi connectivity index (χ1v) is 6.73. The van der Waals surface area contributed by atoms with E-state index in [0.717, 1.165) is 9.75 Å². The number of hydrogen-bond acceptors (Lipinski definition) is 2. The number of carbonyl (C=O) groups is 1. The van der Waals surface area contributed by atoms with Crippen molar-refractivity contribution >= 4 is 28.7 Å². The van der Waals surface area contributed by atoms with Crippen LogP contribution in [0.3, 0.4) is 0 Å². The van der Waals surface area contributed by atoms with E-state index in [1.165, 1.54) is 28.0 Å². The van der Waals surface area contributed by atoms with E-state index in [-0.39, 0.29) is 11.7 Å². The molecule has 2 aromatic rings. The van der Waals surface area contributed by atoms with Crippen molar-refractivity contribution < 1.29 is 4.79 Å². The summed E-state index contributed by atoms with van der Waals surface area (Å²) >= 11 is 7.06. The number of ketones is 1. The SMILES string of the molecule is Cc1ccc(-c2ccc(C(=O)CCl)s2)c(C)c1. The monoisotopic (exact) mass is 264 g/mol. The average molecular weight is 265 g/mol. The lowest BCUT2D eigenvalue weighted by atomic mass is 10.0. The van der Waals surface area contributed by atoms with Gasteiger partial charge in [-0.15, -0.1) is 22.9 Å². The van der Waals surface area contributed by atoms with Crippen molar-refractivity contribution in [3.63, 3.8) is 0 Å². The molecule has 0 aliphatic carbocycles. The summed E-state index contributed by atoms with van der Waals surface area (Å²) in [6, 6.07) is 10.2.